The Hall–Kier alpha value is -1.90. The lowest BCUT2D eigenvalue weighted by Gasteiger charge is -2.03. The van der Waals surface area contributed by atoms with Crippen LogP contribution in [0.2, 0.25) is 0 Å². The van der Waals surface area contributed by atoms with Crippen LogP contribution in [0.25, 0.3) is 10.9 Å². The van der Waals surface area contributed by atoms with Crippen molar-refractivity contribution >= 4 is 16.7 Å². The van der Waals surface area contributed by atoms with E-state index in [0.717, 1.165) is 10.9 Å². The van der Waals surface area contributed by atoms with E-state index in [1.54, 1.807) is 22.6 Å². The highest BCUT2D eigenvalue weighted by atomic mass is 127. The van der Waals surface area contributed by atoms with Gasteiger partial charge in [0.05, 0.1) is 12.0 Å². The van der Waals surface area contributed by atoms with Gasteiger partial charge in [-0.25, -0.2) is 4.98 Å². The first-order valence-electron chi connectivity index (χ1n) is 6.27. The number of carbonyl (C=O) groups is 1. The van der Waals surface area contributed by atoms with Crippen molar-refractivity contribution in [1.29, 1.82) is 0 Å². The van der Waals surface area contributed by atoms with Gasteiger partial charge in [-0.3, -0.25) is 9.48 Å². The molecule has 0 aliphatic rings. The van der Waals surface area contributed by atoms with Gasteiger partial charge >= 0.3 is 0 Å². The molecule has 0 radical (unpaired) electrons. The van der Waals surface area contributed by atoms with Gasteiger partial charge in [0.2, 0.25) is 6.20 Å². The van der Waals surface area contributed by atoms with Gasteiger partial charge in [0.25, 0.3) is 0 Å². The highest BCUT2D eigenvalue weighted by molar-refractivity contribution is 6.07. The second-order valence-electron chi connectivity index (χ2n) is 4.63. The van der Waals surface area contributed by atoms with Gasteiger partial charge in [-0.1, -0.05) is 22.9 Å². The maximum atomic E-state index is 12.5. The van der Waals surface area contributed by atoms with Gasteiger partial charge in [-0.05, 0) is 11.2 Å². The number of fused-ring (bicyclic) bond motifs is 1. The first-order chi connectivity index (χ1) is 9.65. The molecule has 0 fully saturated rings. The van der Waals surface area contributed by atoms with E-state index < -0.39 is 0 Å². The van der Waals surface area contributed by atoms with Crippen molar-refractivity contribution in [2.45, 2.75) is 6.42 Å². The summed E-state index contributed by atoms with van der Waals surface area (Å²) in [4.78, 5) is 16.6. The first-order valence-corrected chi connectivity index (χ1v) is 6.27. The van der Waals surface area contributed by atoms with E-state index in [9.17, 15) is 4.79 Å². The molecular formula is C14H14IN5O. The maximum absolute atomic E-state index is 12.5. The summed E-state index contributed by atoms with van der Waals surface area (Å²) < 4.78 is 3.27. The van der Waals surface area contributed by atoms with Crippen LogP contribution in [0.4, 0.5) is 0 Å². The molecule has 0 saturated carbocycles. The second-order valence-corrected chi connectivity index (χ2v) is 4.63. The number of aryl methyl sites for hydroxylation is 2. The Balaban J connectivity index is 0.00000161. The highest BCUT2D eigenvalue weighted by Gasteiger charge is 2.18. The lowest BCUT2D eigenvalue weighted by Crippen LogP contribution is -3.00. The van der Waals surface area contributed by atoms with Crippen LogP contribution in [0.1, 0.15) is 16.2 Å². The summed E-state index contributed by atoms with van der Waals surface area (Å²) in [6, 6.07) is 7.62. The normalized spacial score (nSPS) is 10.4. The molecule has 108 valence electrons. The van der Waals surface area contributed by atoms with Gasteiger partial charge in [0.15, 0.2) is 12.8 Å². The Morgan fingerprint density at radius 1 is 1.33 bits per heavy atom. The zero-order valence-electron chi connectivity index (χ0n) is 11.7. The lowest BCUT2D eigenvalue weighted by molar-refractivity contribution is -0.728. The number of hydrogen-bond donors (Lipinski definition) is 0. The molecule has 3 aromatic rings. The van der Waals surface area contributed by atoms with Crippen LogP contribution < -0.4 is 28.7 Å². The van der Waals surface area contributed by atoms with Crippen molar-refractivity contribution in [3.05, 3.63) is 48.2 Å². The zero-order valence-corrected chi connectivity index (χ0v) is 13.9. The highest BCUT2D eigenvalue weighted by Crippen LogP contribution is 2.16. The molecule has 2 aromatic heterocycles. The fourth-order valence-electron chi connectivity index (χ4n) is 2.18. The number of carbonyl (C=O) groups excluding carboxylic acids is 1. The van der Waals surface area contributed by atoms with Crippen molar-refractivity contribution in [3.8, 4) is 0 Å². The van der Waals surface area contributed by atoms with Crippen LogP contribution in [-0.2, 0) is 20.5 Å². The molecule has 6 nitrogen and oxygen atoms in total. The maximum Gasteiger partial charge on any atom is 0.207 e. The van der Waals surface area contributed by atoms with Gasteiger partial charge in [-0.2, -0.15) is 5.10 Å². The molecule has 0 spiro atoms. The van der Waals surface area contributed by atoms with E-state index in [0.29, 0.717) is 11.4 Å². The summed E-state index contributed by atoms with van der Waals surface area (Å²) >= 11 is 0. The van der Waals surface area contributed by atoms with Crippen molar-refractivity contribution in [2.24, 2.45) is 14.1 Å². The number of ketones is 1. The van der Waals surface area contributed by atoms with Crippen LogP contribution >= 0.6 is 0 Å². The molecule has 7 heteroatoms. The second kappa shape index (κ2) is 6.25. The van der Waals surface area contributed by atoms with Gasteiger partial charge < -0.3 is 24.0 Å². The molecule has 2 heterocycles. The monoisotopic (exact) mass is 395 g/mol. The number of hydrogen-bond acceptors (Lipinski definition) is 4. The Bertz CT molecular complexity index is 799. The number of benzene rings is 1. The molecule has 0 amide bonds. The van der Waals surface area contributed by atoms with E-state index in [-0.39, 0.29) is 36.2 Å². The third-order valence-electron chi connectivity index (χ3n) is 3.20. The number of nitrogens with zero attached hydrogens (tertiary/aromatic N) is 5. The van der Waals surface area contributed by atoms with Crippen LogP contribution in [0.3, 0.4) is 0 Å². The van der Waals surface area contributed by atoms with E-state index >= 15 is 0 Å². The van der Waals surface area contributed by atoms with Crippen LogP contribution in [0, 0.1) is 0 Å². The van der Waals surface area contributed by atoms with Crippen LogP contribution in [0.15, 0.2) is 36.8 Å². The smallest absolute Gasteiger partial charge is 0.207 e. The predicted octanol–water partition coefficient (Wildman–Crippen LogP) is -2.38. The Morgan fingerprint density at radius 3 is 2.81 bits per heavy atom. The number of aromatic nitrogens is 5. The summed E-state index contributed by atoms with van der Waals surface area (Å²) in [7, 11) is 3.59. The topological polar surface area (TPSA) is 64.6 Å². The Morgan fingerprint density at radius 2 is 2.10 bits per heavy atom. The van der Waals surface area contributed by atoms with E-state index in [1.165, 1.54) is 6.33 Å². The average Bonchev–Trinajstić information content (AvgIpc) is 2.83. The molecule has 0 N–H and O–H groups in total. The SMILES string of the molecule is Cn1ncnc1CC(=O)c1c[n+](C)nc2ccccc12.[I-]. The van der Waals surface area contributed by atoms with Crippen molar-refractivity contribution < 1.29 is 33.5 Å². The molecule has 1 aromatic carbocycles. The minimum atomic E-state index is 0. The van der Waals surface area contributed by atoms with Crippen LogP contribution in [-0.4, -0.2) is 25.6 Å². The summed E-state index contributed by atoms with van der Waals surface area (Å²) in [5.74, 6) is 0.661. The number of halogens is 1. The van der Waals surface area contributed by atoms with Gasteiger partial charge in [-0.15, -0.1) is 0 Å². The minimum absolute atomic E-state index is 0. The third kappa shape index (κ3) is 3.07. The van der Waals surface area contributed by atoms with Crippen molar-refractivity contribution in [2.75, 3.05) is 0 Å². The first kappa shape index (κ1) is 15.5. The summed E-state index contributed by atoms with van der Waals surface area (Å²) in [6.07, 6.45) is 3.43. The molecule has 0 unspecified atom stereocenters. The fraction of sp³-hybridized carbons (Fsp3) is 0.214. The number of rotatable bonds is 3. The zero-order chi connectivity index (χ0) is 14.1. The van der Waals surface area contributed by atoms with E-state index in [4.69, 9.17) is 0 Å². The molecule has 0 aliphatic heterocycles. The molecule has 0 atom stereocenters. The standard InChI is InChI=1S/C14H14N5O.HI/c1-18-8-11(10-5-3-4-6-12(10)17-18)13(20)7-14-15-9-16-19(14)2;/h3-6,8-9H,7H2,1-2H3;1H/q+1;/p-1. The third-order valence-corrected chi connectivity index (χ3v) is 3.20. The fourth-order valence-corrected chi connectivity index (χ4v) is 2.18. The van der Waals surface area contributed by atoms with E-state index in [2.05, 4.69) is 15.2 Å². The predicted molar refractivity (Wildman–Crippen MR) is 72.0 cm³/mol. The van der Waals surface area contributed by atoms with Crippen molar-refractivity contribution in [3.63, 3.8) is 0 Å². The molecular weight excluding hydrogens is 381 g/mol. The summed E-state index contributed by atoms with van der Waals surface area (Å²) in [5, 5.41) is 9.20. The lowest BCUT2D eigenvalue weighted by atomic mass is 10.0. The molecule has 0 bridgehead atoms. The molecule has 0 saturated heterocycles. The largest absolute Gasteiger partial charge is 1.00 e. The Kier molecular flexibility index (Phi) is 4.61. The molecule has 0 aliphatic carbocycles. The average molecular weight is 395 g/mol. The van der Waals surface area contributed by atoms with Crippen molar-refractivity contribution in [1.82, 2.24) is 19.9 Å². The number of Topliss-reactive ketones (excluding diaryl/α,β-unsaturated/α-hetero) is 1. The molecule has 21 heavy (non-hydrogen) atoms. The minimum Gasteiger partial charge on any atom is -1.00 e. The quantitative estimate of drug-likeness (QED) is 0.282. The summed E-state index contributed by atoms with van der Waals surface area (Å²) in [6.45, 7) is 0. The Labute approximate surface area is 138 Å². The van der Waals surface area contributed by atoms with Crippen LogP contribution in [0.5, 0.6) is 0 Å². The van der Waals surface area contributed by atoms with E-state index in [1.807, 2.05) is 31.3 Å². The molecule has 3 rings (SSSR count). The van der Waals surface area contributed by atoms with Gasteiger partial charge in [0.1, 0.15) is 17.7 Å². The summed E-state index contributed by atoms with van der Waals surface area (Å²) in [5.41, 5.74) is 1.46. The van der Waals surface area contributed by atoms with Gasteiger partial charge in [0, 0.05) is 12.4 Å².